The summed E-state index contributed by atoms with van der Waals surface area (Å²) in [4.78, 5) is 5.86. The van der Waals surface area contributed by atoms with Gasteiger partial charge in [0, 0.05) is 4.88 Å². The van der Waals surface area contributed by atoms with Crippen molar-refractivity contribution in [2.45, 2.75) is 6.54 Å². The van der Waals surface area contributed by atoms with Crippen LogP contribution in [0.2, 0.25) is 0 Å². The van der Waals surface area contributed by atoms with Gasteiger partial charge in [0.25, 0.3) is 0 Å². The maximum Gasteiger partial charge on any atom is 0.184 e. The van der Waals surface area contributed by atoms with E-state index in [0.29, 0.717) is 0 Å². The van der Waals surface area contributed by atoms with Crippen LogP contribution in [0.15, 0.2) is 41.8 Å². The van der Waals surface area contributed by atoms with Crippen LogP contribution >= 0.6 is 22.7 Å². The minimum absolute atomic E-state index is 0.859. The van der Waals surface area contributed by atoms with Gasteiger partial charge in [-0.3, -0.25) is 0 Å². The van der Waals surface area contributed by atoms with Gasteiger partial charge in [-0.2, -0.15) is 0 Å². The van der Waals surface area contributed by atoms with Gasteiger partial charge in [-0.05, 0) is 23.6 Å². The molecular formula is C12H10N2S2. The molecule has 0 fully saturated rings. The summed E-state index contributed by atoms with van der Waals surface area (Å²) in [6.45, 7) is 0.859. The van der Waals surface area contributed by atoms with Crippen LogP contribution in [0.25, 0.3) is 10.2 Å². The van der Waals surface area contributed by atoms with Crippen molar-refractivity contribution >= 4 is 38.0 Å². The first-order valence-corrected chi connectivity index (χ1v) is 6.73. The van der Waals surface area contributed by atoms with Gasteiger partial charge in [-0.1, -0.05) is 29.5 Å². The molecule has 0 aliphatic rings. The third kappa shape index (κ3) is 1.94. The Morgan fingerprint density at radius 1 is 1.12 bits per heavy atom. The van der Waals surface area contributed by atoms with Gasteiger partial charge in [0.2, 0.25) is 0 Å². The topological polar surface area (TPSA) is 24.9 Å². The van der Waals surface area contributed by atoms with Crippen molar-refractivity contribution in [1.82, 2.24) is 4.98 Å². The van der Waals surface area contributed by atoms with Gasteiger partial charge >= 0.3 is 0 Å². The van der Waals surface area contributed by atoms with E-state index in [9.17, 15) is 0 Å². The summed E-state index contributed by atoms with van der Waals surface area (Å²) >= 11 is 3.46. The van der Waals surface area contributed by atoms with Crippen molar-refractivity contribution < 1.29 is 0 Å². The van der Waals surface area contributed by atoms with Crippen LogP contribution in [0.3, 0.4) is 0 Å². The molecule has 0 aliphatic carbocycles. The van der Waals surface area contributed by atoms with E-state index in [2.05, 4.69) is 33.9 Å². The molecule has 16 heavy (non-hydrogen) atoms. The Labute approximate surface area is 102 Å². The van der Waals surface area contributed by atoms with E-state index in [0.717, 1.165) is 17.2 Å². The molecule has 80 valence electrons. The van der Waals surface area contributed by atoms with E-state index in [4.69, 9.17) is 0 Å². The average molecular weight is 246 g/mol. The molecule has 1 aromatic carbocycles. The largest absolute Gasteiger partial charge is 0.357 e. The number of nitrogens with one attached hydrogen (secondary N) is 1. The van der Waals surface area contributed by atoms with Crippen LogP contribution < -0.4 is 5.32 Å². The Hall–Kier alpha value is -1.39. The number of hydrogen-bond donors (Lipinski definition) is 1. The normalized spacial score (nSPS) is 10.8. The van der Waals surface area contributed by atoms with Gasteiger partial charge < -0.3 is 5.32 Å². The van der Waals surface area contributed by atoms with Gasteiger partial charge in [-0.15, -0.1) is 11.3 Å². The smallest absolute Gasteiger partial charge is 0.184 e. The molecule has 0 atom stereocenters. The average Bonchev–Trinajstić information content (AvgIpc) is 2.95. The zero-order valence-corrected chi connectivity index (χ0v) is 10.1. The number of nitrogens with zero attached hydrogens (tertiary/aromatic N) is 1. The molecule has 2 nitrogen and oxygen atoms in total. The lowest BCUT2D eigenvalue weighted by atomic mass is 10.3. The van der Waals surface area contributed by atoms with Crippen molar-refractivity contribution in [2.24, 2.45) is 0 Å². The predicted molar refractivity (Wildman–Crippen MR) is 71.3 cm³/mol. The minimum Gasteiger partial charge on any atom is -0.357 e. The Morgan fingerprint density at radius 3 is 2.88 bits per heavy atom. The van der Waals surface area contributed by atoms with Crippen molar-refractivity contribution in [3.8, 4) is 0 Å². The third-order valence-corrected chi connectivity index (χ3v) is 4.16. The summed E-state index contributed by atoms with van der Waals surface area (Å²) in [5, 5.41) is 6.44. The molecule has 0 amide bonds. The minimum atomic E-state index is 0.859. The quantitative estimate of drug-likeness (QED) is 0.756. The van der Waals surface area contributed by atoms with Gasteiger partial charge in [0.05, 0.1) is 16.8 Å². The Balaban J connectivity index is 1.79. The van der Waals surface area contributed by atoms with Gasteiger partial charge in [0.15, 0.2) is 5.13 Å². The van der Waals surface area contributed by atoms with Crippen LogP contribution in [-0.2, 0) is 6.54 Å². The first kappa shape index (κ1) is 9.81. The number of aromatic nitrogens is 1. The second-order valence-electron chi connectivity index (χ2n) is 3.42. The number of thiophene rings is 1. The maximum absolute atomic E-state index is 4.52. The summed E-state index contributed by atoms with van der Waals surface area (Å²) in [5.41, 5.74) is 1.07. The van der Waals surface area contributed by atoms with E-state index in [-0.39, 0.29) is 0 Å². The highest BCUT2D eigenvalue weighted by Crippen LogP contribution is 2.25. The highest BCUT2D eigenvalue weighted by Gasteiger charge is 2.02. The lowest BCUT2D eigenvalue weighted by Crippen LogP contribution is -1.95. The number of fused-ring (bicyclic) bond motifs is 1. The fourth-order valence-corrected chi connectivity index (χ4v) is 3.03. The van der Waals surface area contributed by atoms with Crippen LogP contribution in [0.1, 0.15) is 4.88 Å². The molecule has 2 aromatic heterocycles. The second-order valence-corrected chi connectivity index (χ2v) is 5.48. The molecule has 0 aliphatic heterocycles. The van der Waals surface area contributed by atoms with Crippen LogP contribution in [0.5, 0.6) is 0 Å². The second kappa shape index (κ2) is 4.23. The molecule has 0 saturated heterocycles. The van der Waals surface area contributed by atoms with Gasteiger partial charge in [0.1, 0.15) is 0 Å². The Morgan fingerprint density at radius 2 is 2.06 bits per heavy atom. The fraction of sp³-hybridized carbons (Fsp3) is 0.0833. The molecule has 3 aromatic rings. The van der Waals surface area contributed by atoms with E-state index in [1.54, 1.807) is 22.7 Å². The molecule has 0 unspecified atom stereocenters. The highest BCUT2D eigenvalue weighted by atomic mass is 32.1. The molecule has 2 heterocycles. The number of rotatable bonds is 3. The standard InChI is InChI=1S/C12H10N2S2/c1-2-6-11-10(5-1)14-12(16-11)13-8-9-4-3-7-15-9/h1-7H,8H2,(H,13,14). The van der Waals surface area contributed by atoms with Gasteiger partial charge in [-0.25, -0.2) is 4.98 Å². The molecule has 1 N–H and O–H groups in total. The number of thiazole rings is 1. The summed E-state index contributed by atoms with van der Waals surface area (Å²) < 4.78 is 1.23. The maximum atomic E-state index is 4.52. The first-order valence-electron chi connectivity index (χ1n) is 5.04. The summed E-state index contributed by atoms with van der Waals surface area (Å²) in [7, 11) is 0. The molecular weight excluding hydrogens is 236 g/mol. The van der Waals surface area contributed by atoms with Crippen LogP contribution in [0.4, 0.5) is 5.13 Å². The Kier molecular flexibility index (Phi) is 2.60. The van der Waals surface area contributed by atoms with Crippen molar-refractivity contribution in [1.29, 1.82) is 0 Å². The Bertz CT molecular complexity index is 551. The molecule has 0 radical (unpaired) electrons. The lowest BCUT2D eigenvalue weighted by Gasteiger charge is -1.97. The zero-order valence-electron chi connectivity index (χ0n) is 8.51. The molecule has 4 heteroatoms. The number of anilines is 1. The molecule has 0 spiro atoms. The summed E-state index contributed by atoms with van der Waals surface area (Å²) in [6, 6.07) is 12.4. The number of benzene rings is 1. The van der Waals surface area contributed by atoms with Crippen LogP contribution in [-0.4, -0.2) is 4.98 Å². The van der Waals surface area contributed by atoms with Crippen LogP contribution in [0, 0.1) is 0 Å². The van der Waals surface area contributed by atoms with Crippen molar-refractivity contribution in [3.63, 3.8) is 0 Å². The molecule has 3 rings (SSSR count). The van der Waals surface area contributed by atoms with Crippen molar-refractivity contribution in [3.05, 3.63) is 46.7 Å². The van der Waals surface area contributed by atoms with E-state index < -0.39 is 0 Å². The monoisotopic (exact) mass is 246 g/mol. The fourth-order valence-electron chi connectivity index (χ4n) is 1.52. The number of para-hydroxylation sites is 1. The van der Waals surface area contributed by atoms with E-state index in [1.165, 1.54) is 9.58 Å². The summed E-state index contributed by atoms with van der Waals surface area (Å²) in [5.74, 6) is 0. The molecule has 0 saturated carbocycles. The number of hydrogen-bond acceptors (Lipinski definition) is 4. The van der Waals surface area contributed by atoms with E-state index >= 15 is 0 Å². The SMILES string of the molecule is c1csc(CNc2nc3ccccc3s2)c1. The highest BCUT2D eigenvalue weighted by molar-refractivity contribution is 7.22. The lowest BCUT2D eigenvalue weighted by molar-refractivity contribution is 1.18. The summed E-state index contributed by atoms with van der Waals surface area (Å²) in [6.07, 6.45) is 0. The van der Waals surface area contributed by atoms with E-state index in [1.807, 2.05) is 18.2 Å². The third-order valence-electron chi connectivity index (χ3n) is 2.29. The zero-order chi connectivity index (χ0) is 10.8. The predicted octanol–water partition coefficient (Wildman–Crippen LogP) is 3.97. The molecule has 0 bridgehead atoms. The van der Waals surface area contributed by atoms with Crippen molar-refractivity contribution in [2.75, 3.05) is 5.32 Å². The first-order chi connectivity index (χ1) is 7.92.